The van der Waals surface area contributed by atoms with Crippen molar-refractivity contribution in [1.29, 1.82) is 0 Å². The number of benzene rings is 1. The van der Waals surface area contributed by atoms with E-state index in [-0.39, 0.29) is 6.04 Å². The fourth-order valence-electron chi connectivity index (χ4n) is 3.34. The van der Waals surface area contributed by atoms with Gasteiger partial charge in [0.15, 0.2) is 17.2 Å². The summed E-state index contributed by atoms with van der Waals surface area (Å²) in [6.07, 6.45) is -1.96. The standard InChI is InChI=1S/C17H19Cl2F3N4O/c18-16(14(27)24-11-8-4-5-9-11)10-23-15(25-12-6-2-1-3-7-12)26(19)13(16)17(20,21)22/h1-3,6-7,10-11,13,15,25H,4-5,8-9H2,(H,24,27). The maximum absolute atomic E-state index is 13.8. The van der Waals surface area contributed by atoms with Crippen LogP contribution in [0.5, 0.6) is 0 Å². The van der Waals surface area contributed by atoms with Gasteiger partial charge in [0.1, 0.15) is 0 Å². The molecule has 1 aromatic rings. The van der Waals surface area contributed by atoms with Crippen LogP contribution in [0.4, 0.5) is 18.9 Å². The van der Waals surface area contributed by atoms with Crippen LogP contribution in [0.2, 0.25) is 0 Å². The summed E-state index contributed by atoms with van der Waals surface area (Å²) in [4.78, 5) is 14.1. The van der Waals surface area contributed by atoms with Crippen molar-refractivity contribution in [3.05, 3.63) is 30.3 Å². The molecule has 1 aromatic carbocycles. The quantitative estimate of drug-likeness (QED) is 0.571. The Morgan fingerprint density at radius 2 is 1.85 bits per heavy atom. The molecule has 2 aliphatic rings. The van der Waals surface area contributed by atoms with Crippen molar-refractivity contribution >= 4 is 41.2 Å². The Morgan fingerprint density at radius 3 is 2.44 bits per heavy atom. The van der Waals surface area contributed by atoms with Gasteiger partial charge < -0.3 is 10.6 Å². The molecule has 1 amide bonds. The van der Waals surface area contributed by atoms with E-state index in [1.54, 1.807) is 30.3 Å². The number of para-hydroxylation sites is 1. The fraction of sp³-hybridized carbons (Fsp3) is 0.529. The smallest absolute Gasteiger partial charge is 0.351 e. The second-order valence-corrected chi connectivity index (χ2v) is 7.69. The predicted octanol–water partition coefficient (Wildman–Crippen LogP) is 3.89. The molecule has 0 saturated heterocycles. The average Bonchev–Trinajstić information content (AvgIpc) is 3.10. The van der Waals surface area contributed by atoms with Gasteiger partial charge in [0.25, 0.3) is 0 Å². The van der Waals surface area contributed by atoms with Crippen molar-refractivity contribution in [1.82, 2.24) is 9.74 Å². The number of hydrogen-bond donors (Lipinski definition) is 2. The minimum absolute atomic E-state index is 0.181. The molecule has 3 atom stereocenters. The molecule has 1 saturated carbocycles. The van der Waals surface area contributed by atoms with Crippen LogP contribution in [0.1, 0.15) is 25.7 Å². The van der Waals surface area contributed by atoms with Gasteiger partial charge in [0, 0.05) is 17.9 Å². The Balaban J connectivity index is 1.86. The van der Waals surface area contributed by atoms with E-state index >= 15 is 0 Å². The number of nitrogens with one attached hydrogen (secondary N) is 2. The van der Waals surface area contributed by atoms with E-state index in [4.69, 9.17) is 23.4 Å². The van der Waals surface area contributed by atoms with Crippen molar-refractivity contribution in [3.8, 4) is 0 Å². The first-order chi connectivity index (χ1) is 12.7. The second kappa shape index (κ2) is 7.85. The number of rotatable bonds is 4. The van der Waals surface area contributed by atoms with Crippen LogP contribution in [0, 0.1) is 0 Å². The van der Waals surface area contributed by atoms with Gasteiger partial charge in [-0.3, -0.25) is 9.79 Å². The molecule has 27 heavy (non-hydrogen) atoms. The molecule has 5 nitrogen and oxygen atoms in total. The number of carbonyl (C=O) groups excluding carboxylic acids is 1. The molecule has 0 bridgehead atoms. The van der Waals surface area contributed by atoms with Gasteiger partial charge in [-0.25, -0.2) is 0 Å². The number of aliphatic imine (C=N–C) groups is 1. The van der Waals surface area contributed by atoms with E-state index in [0.717, 1.165) is 31.9 Å². The summed E-state index contributed by atoms with van der Waals surface area (Å²) in [7, 11) is 0. The first kappa shape index (κ1) is 20.2. The van der Waals surface area contributed by atoms with Gasteiger partial charge in [-0.1, -0.05) is 31.0 Å². The second-order valence-electron chi connectivity index (χ2n) is 6.67. The van der Waals surface area contributed by atoms with Crippen LogP contribution in [0.3, 0.4) is 0 Å². The Hall–Kier alpha value is -1.51. The van der Waals surface area contributed by atoms with Crippen LogP contribution in [0.15, 0.2) is 35.3 Å². The molecule has 3 unspecified atom stereocenters. The van der Waals surface area contributed by atoms with Gasteiger partial charge in [-0.15, -0.1) is 11.6 Å². The zero-order chi connectivity index (χ0) is 19.7. The Bertz CT molecular complexity index is 697. The predicted molar refractivity (Wildman–Crippen MR) is 98.9 cm³/mol. The SMILES string of the molecule is O=C(NC1CCCC1)C1(Cl)C=NC(Nc2ccccc2)N(Cl)C1C(F)(F)F. The maximum atomic E-state index is 13.8. The van der Waals surface area contributed by atoms with Crippen molar-refractivity contribution in [2.45, 2.75) is 55.1 Å². The summed E-state index contributed by atoms with van der Waals surface area (Å²) >= 11 is 12.2. The molecule has 1 aliphatic carbocycles. The van der Waals surface area contributed by atoms with E-state index in [1.807, 2.05) is 0 Å². The van der Waals surface area contributed by atoms with Gasteiger partial charge in [-0.2, -0.15) is 17.6 Å². The van der Waals surface area contributed by atoms with Gasteiger partial charge in [-0.05, 0) is 36.8 Å². The lowest BCUT2D eigenvalue weighted by Gasteiger charge is -2.42. The monoisotopic (exact) mass is 422 g/mol. The summed E-state index contributed by atoms with van der Waals surface area (Å²) in [5, 5.41) is 5.40. The minimum atomic E-state index is -4.85. The molecule has 0 spiro atoms. The third-order valence-electron chi connectivity index (χ3n) is 4.70. The molecule has 1 heterocycles. The number of anilines is 1. The minimum Gasteiger partial charge on any atom is -0.351 e. The van der Waals surface area contributed by atoms with Crippen LogP contribution in [0.25, 0.3) is 0 Å². The summed E-state index contributed by atoms with van der Waals surface area (Å²) in [5.74, 6) is -0.939. The first-order valence-corrected chi connectivity index (χ1v) is 9.30. The molecule has 0 radical (unpaired) electrons. The van der Waals surface area contributed by atoms with E-state index in [2.05, 4.69) is 15.6 Å². The van der Waals surface area contributed by atoms with Crippen molar-refractivity contribution in [3.63, 3.8) is 0 Å². The summed E-state index contributed by atoms with van der Waals surface area (Å²) in [5.41, 5.74) is 0.531. The lowest BCUT2D eigenvalue weighted by atomic mass is 9.96. The average molecular weight is 423 g/mol. The molecule has 1 fully saturated rings. The van der Waals surface area contributed by atoms with Crippen LogP contribution in [-0.2, 0) is 4.79 Å². The van der Waals surface area contributed by atoms with E-state index in [0.29, 0.717) is 10.1 Å². The molecular formula is C17H19Cl2F3N4O. The van der Waals surface area contributed by atoms with Crippen LogP contribution >= 0.6 is 23.4 Å². The Labute approximate surface area is 165 Å². The first-order valence-electron chi connectivity index (χ1n) is 8.58. The fourth-order valence-corrected chi connectivity index (χ4v) is 4.10. The molecule has 0 aromatic heterocycles. The molecule has 10 heteroatoms. The highest BCUT2D eigenvalue weighted by Gasteiger charge is 2.62. The van der Waals surface area contributed by atoms with Crippen molar-refractivity contribution in [2.75, 3.05) is 5.32 Å². The van der Waals surface area contributed by atoms with Crippen molar-refractivity contribution in [2.24, 2.45) is 4.99 Å². The van der Waals surface area contributed by atoms with Gasteiger partial charge >= 0.3 is 6.18 Å². The topological polar surface area (TPSA) is 56.7 Å². The summed E-state index contributed by atoms with van der Waals surface area (Å²) in [6.45, 7) is 0. The van der Waals surface area contributed by atoms with E-state index < -0.39 is 29.3 Å². The lowest BCUT2D eigenvalue weighted by Crippen LogP contribution is -2.67. The molecule has 148 valence electrons. The van der Waals surface area contributed by atoms with E-state index in [1.165, 1.54) is 0 Å². The number of nitrogens with zero attached hydrogens (tertiary/aromatic N) is 2. The molecule has 1 aliphatic heterocycles. The molecule has 3 rings (SSSR count). The Morgan fingerprint density at radius 1 is 1.22 bits per heavy atom. The number of halogens is 5. The molecule has 2 N–H and O–H groups in total. The van der Waals surface area contributed by atoms with Crippen LogP contribution in [-0.4, -0.2) is 46.0 Å². The summed E-state index contributed by atoms with van der Waals surface area (Å²) < 4.78 is 41.8. The normalized spacial score (nSPS) is 29.7. The number of amides is 1. The number of carbonyl (C=O) groups is 1. The highest BCUT2D eigenvalue weighted by atomic mass is 35.5. The third kappa shape index (κ3) is 4.33. The highest BCUT2D eigenvalue weighted by Crippen LogP contribution is 2.41. The summed E-state index contributed by atoms with van der Waals surface area (Å²) in [6, 6.07) is 5.90. The van der Waals surface area contributed by atoms with Gasteiger partial charge in [0.05, 0.1) is 0 Å². The zero-order valence-electron chi connectivity index (χ0n) is 14.2. The van der Waals surface area contributed by atoms with E-state index in [9.17, 15) is 18.0 Å². The molecular weight excluding hydrogens is 404 g/mol. The third-order valence-corrected chi connectivity index (χ3v) is 5.56. The Kier molecular flexibility index (Phi) is 5.88. The van der Waals surface area contributed by atoms with Crippen LogP contribution < -0.4 is 10.6 Å². The number of hydrogen-bond acceptors (Lipinski definition) is 4. The number of alkyl halides is 4. The zero-order valence-corrected chi connectivity index (χ0v) is 15.7. The van der Waals surface area contributed by atoms with Crippen molar-refractivity contribution < 1.29 is 18.0 Å². The largest absolute Gasteiger partial charge is 0.408 e. The lowest BCUT2D eigenvalue weighted by molar-refractivity contribution is -0.183. The van der Waals surface area contributed by atoms with Gasteiger partial charge in [0.2, 0.25) is 5.91 Å². The highest BCUT2D eigenvalue weighted by molar-refractivity contribution is 6.45. The maximum Gasteiger partial charge on any atom is 0.408 e.